The normalized spacial score (nSPS) is 10.7. The number of hydrogen-bond donors (Lipinski definition) is 2. The summed E-state index contributed by atoms with van der Waals surface area (Å²) in [6, 6.07) is 0. The fourth-order valence-electron chi connectivity index (χ4n) is 1.09. The van der Waals surface area contributed by atoms with Gasteiger partial charge in [-0.25, -0.2) is 0 Å². The highest BCUT2D eigenvalue weighted by Crippen LogP contribution is 1.88. The van der Waals surface area contributed by atoms with Crippen LogP contribution in [-0.2, 0) is 11.2 Å². The third-order valence-corrected chi connectivity index (χ3v) is 1.93. The Morgan fingerprint density at radius 1 is 1.56 bits per heavy atom. The van der Waals surface area contributed by atoms with Gasteiger partial charge in [-0.3, -0.25) is 4.79 Å². The van der Waals surface area contributed by atoms with E-state index in [1.54, 1.807) is 0 Å². The van der Waals surface area contributed by atoms with Gasteiger partial charge in [0.25, 0.3) is 0 Å². The Kier molecular flexibility index (Phi) is 5.49. The molecule has 0 radical (unpaired) electrons. The van der Waals surface area contributed by atoms with Crippen molar-refractivity contribution in [2.24, 2.45) is 5.92 Å². The summed E-state index contributed by atoms with van der Waals surface area (Å²) in [7, 11) is 0. The monoisotopic (exact) mass is 226 g/mol. The first kappa shape index (κ1) is 12.6. The molecule has 6 nitrogen and oxygen atoms in total. The van der Waals surface area contributed by atoms with Gasteiger partial charge in [0.1, 0.15) is 0 Å². The Morgan fingerprint density at radius 2 is 2.38 bits per heavy atom. The summed E-state index contributed by atoms with van der Waals surface area (Å²) >= 11 is 0. The molecule has 0 aliphatic heterocycles. The average Bonchev–Trinajstić information content (AvgIpc) is 2.74. The fraction of sp³-hybridized carbons (Fsp3) is 0.700. The van der Waals surface area contributed by atoms with Crippen molar-refractivity contribution in [3.05, 3.63) is 12.2 Å². The van der Waals surface area contributed by atoms with E-state index in [9.17, 15) is 4.79 Å². The van der Waals surface area contributed by atoms with Gasteiger partial charge in [0.2, 0.25) is 12.3 Å². The molecule has 6 heteroatoms. The van der Waals surface area contributed by atoms with Crippen LogP contribution in [0.4, 0.5) is 0 Å². The summed E-state index contributed by atoms with van der Waals surface area (Å²) in [5.74, 6) is 1.14. The lowest BCUT2D eigenvalue weighted by Crippen LogP contribution is -2.36. The molecule has 16 heavy (non-hydrogen) atoms. The number of hydrogen-bond acceptors (Lipinski definition) is 5. The SMILES string of the molecule is CC(C)CNC(=O)CNCCc1ncon1. The van der Waals surface area contributed by atoms with Crippen LogP contribution in [0.25, 0.3) is 0 Å². The molecular weight excluding hydrogens is 208 g/mol. The molecule has 0 bridgehead atoms. The summed E-state index contributed by atoms with van der Waals surface area (Å²) in [5, 5.41) is 9.50. The summed E-state index contributed by atoms with van der Waals surface area (Å²) < 4.78 is 4.59. The number of aromatic nitrogens is 2. The quantitative estimate of drug-likeness (QED) is 0.638. The highest BCUT2D eigenvalue weighted by molar-refractivity contribution is 5.77. The van der Waals surface area contributed by atoms with Crippen molar-refractivity contribution in [2.45, 2.75) is 20.3 Å². The third-order valence-electron chi connectivity index (χ3n) is 1.93. The standard InChI is InChI=1S/C10H18N4O2/c1-8(2)5-12-10(15)6-11-4-3-9-13-7-16-14-9/h7-8,11H,3-6H2,1-2H3,(H,12,15). The predicted octanol–water partition coefficient (Wildman–Crippen LogP) is -0.0261. The molecule has 0 aliphatic carbocycles. The molecule has 1 rings (SSSR count). The first-order valence-corrected chi connectivity index (χ1v) is 5.41. The van der Waals surface area contributed by atoms with Crippen LogP contribution >= 0.6 is 0 Å². The number of nitrogens with zero attached hydrogens (tertiary/aromatic N) is 2. The second kappa shape index (κ2) is 6.95. The Labute approximate surface area is 94.8 Å². The van der Waals surface area contributed by atoms with Crippen LogP contribution in [0.15, 0.2) is 10.9 Å². The van der Waals surface area contributed by atoms with Crippen molar-refractivity contribution < 1.29 is 9.32 Å². The maximum atomic E-state index is 11.3. The van der Waals surface area contributed by atoms with Gasteiger partial charge >= 0.3 is 0 Å². The van der Waals surface area contributed by atoms with E-state index in [1.807, 2.05) is 0 Å². The van der Waals surface area contributed by atoms with E-state index in [2.05, 4.69) is 39.1 Å². The van der Waals surface area contributed by atoms with Crippen LogP contribution in [0.3, 0.4) is 0 Å². The maximum absolute atomic E-state index is 11.3. The Balaban J connectivity index is 2.00. The molecule has 2 N–H and O–H groups in total. The molecule has 1 heterocycles. The van der Waals surface area contributed by atoms with Crippen LogP contribution in [-0.4, -0.2) is 35.7 Å². The topological polar surface area (TPSA) is 80.0 Å². The minimum absolute atomic E-state index is 0.0156. The molecule has 0 saturated carbocycles. The first-order valence-electron chi connectivity index (χ1n) is 5.41. The lowest BCUT2D eigenvalue weighted by molar-refractivity contribution is -0.120. The highest BCUT2D eigenvalue weighted by Gasteiger charge is 2.02. The summed E-state index contributed by atoms with van der Waals surface area (Å²) in [6.07, 6.45) is 1.96. The van der Waals surface area contributed by atoms with Gasteiger partial charge in [-0.15, -0.1) is 0 Å². The van der Waals surface area contributed by atoms with Crippen molar-refractivity contribution in [2.75, 3.05) is 19.6 Å². The van der Waals surface area contributed by atoms with Crippen molar-refractivity contribution in [3.8, 4) is 0 Å². The number of carbonyl (C=O) groups is 1. The number of carbonyl (C=O) groups excluding carboxylic acids is 1. The lowest BCUT2D eigenvalue weighted by atomic mass is 10.2. The predicted molar refractivity (Wildman–Crippen MR) is 58.7 cm³/mol. The van der Waals surface area contributed by atoms with E-state index in [-0.39, 0.29) is 5.91 Å². The van der Waals surface area contributed by atoms with E-state index in [0.717, 1.165) is 0 Å². The highest BCUT2D eigenvalue weighted by atomic mass is 16.5. The van der Waals surface area contributed by atoms with Crippen molar-refractivity contribution >= 4 is 5.91 Å². The van der Waals surface area contributed by atoms with Gasteiger partial charge in [0.05, 0.1) is 6.54 Å². The molecule has 0 atom stereocenters. The Hall–Kier alpha value is -1.43. The molecule has 0 aromatic carbocycles. The first-order chi connectivity index (χ1) is 7.68. The number of nitrogens with one attached hydrogen (secondary N) is 2. The van der Waals surface area contributed by atoms with Crippen molar-refractivity contribution in [3.63, 3.8) is 0 Å². The van der Waals surface area contributed by atoms with Gasteiger partial charge in [0.15, 0.2) is 5.82 Å². The molecular formula is C10H18N4O2. The van der Waals surface area contributed by atoms with Gasteiger partial charge in [-0.2, -0.15) is 4.98 Å². The van der Waals surface area contributed by atoms with E-state index < -0.39 is 0 Å². The second-order valence-electron chi connectivity index (χ2n) is 3.97. The van der Waals surface area contributed by atoms with Crippen LogP contribution in [0, 0.1) is 5.92 Å². The smallest absolute Gasteiger partial charge is 0.233 e. The Morgan fingerprint density at radius 3 is 3.00 bits per heavy atom. The van der Waals surface area contributed by atoms with Crippen LogP contribution in [0.1, 0.15) is 19.7 Å². The minimum atomic E-state index is 0.0156. The van der Waals surface area contributed by atoms with E-state index in [0.29, 0.717) is 37.8 Å². The van der Waals surface area contributed by atoms with Crippen molar-refractivity contribution in [1.82, 2.24) is 20.8 Å². The largest absolute Gasteiger partial charge is 0.355 e. The second-order valence-corrected chi connectivity index (χ2v) is 3.97. The summed E-state index contributed by atoms with van der Waals surface area (Å²) in [4.78, 5) is 15.2. The molecule has 0 aliphatic rings. The zero-order valence-electron chi connectivity index (χ0n) is 9.69. The van der Waals surface area contributed by atoms with Gasteiger partial charge < -0.3 is 15.2 Å². The van der Waals surface area contributed by atoms with E-state index in [4.69, 9.17) is 0 Å². The molecule has 90 valence electrons. The maximum Gasteiger partial charge on any atom is 0.233 e. The molecule has 0 saturated heterocycles. The summed E-state index contributed by atoms with van der Waals surface area (Å²) in [5.41, 5.74) is 0. The molecule has 1 aromatic heterocycles. The molecule has 0 unspecified atom stereocenters. The van der Waals surface area contributed by atoms with Crippen LogP contribution in [0.2, 0.25) is 0 Å². The van der Waals surface area contributed by atoms with E-state index in [1.165, 1.54) is 6.39 Å². The van der Waals surface area contributed by atoms with E-state index >= 15 is 0 Å². The Bertz CT molecular complexity index is 298. The van der Waals surface area contributed by atoms with Gasteiger partial charge in [0, 0.05) is 19.5 Å². The third kappa shape index (κ3) is 5.45. The summed E-state index contributed by atoms with van der Waals surface area (Å²) in [6.45, 7) is 5.82. The molecule has 0 spiro atoms. The molecule has 1 amide bonds. The van der Waals surface area contributed by atoms with Gasteiger partial charge in [-0.1, -0.05) is 19.0 Å². The average molecular weight is 226 g/mol. The fourth-order valence-corrected chi connectivity index (χ4v) is 1.09. The van der Waals surface area contributed by atoms with Crippen LogP contribution in [0.5, 0.6) is 0 Å². The molecule has 1 aromatic rings. The molecule has 0 fully saturated rings. The van der Waals surface area contributed by atoms with Crippen molar-refractivity contribution in [1.29, 1.82) is 0 Å². The zero-order valence-corrected chi connectivity index (χ0v) is 9.69. The number of rotatable bonds is 7. The van der Waals surface area contributed by atoms with Gasteiger partial charge in [-0.05, 0) is 5.92 Å². The zero-order chi connectivity index (χ0) is 11.8. The number of amides is 1. The minimum Gasteiger partial charge on any atom is -0.355 e. The van der Waals surface area contributed by atoms with Crippen LogP contribution < -0.4 is 10.6 Å². The lowest BCUT2D eigenvalue weighted by Gasteiger charge is -2.07.